The van der Waals surface area contributed by atoms with Crippen molar-refractivity contribution in [1.29, 1.82) is 0 Å². The smallest absolute Gasteiger partial charge is 0.393 e. The van der Waals surface area contributed by atoms with Crippen molar-refractivity contribution in [3.63, 3.8) is 0 Å². The van der Waals surface area contributed by atoms with E-state index in [1.54, 1.807) is 11.1 Å². The summed E-state index contributed by atoms with van der Waals surface area (Å²) in [5.41, 5.74) is -0.266. The number of aliphatic hydroxyl groups excluding tert-OH is 1. The van der Waals surface area contributed by atoms with Gasteiger partial charge < -0.3 is 5.11 Å². The zero-order valence-electron chi connectivity index (χ0n) is 13.4. The van der Waals surface area contributed by atoms with Crippen LogP contribution < -0.4 is 0 Å². The van der Waals surface area contributed by atoms with Gasteiger partial charge in [-0.15, -0.1) is 0 Å². The highest BCUT2D eigenvalue weighted by atomic mass is 19.4. The maximum Gasteiger partial charge on any atom is 0.416 e. The standard InChI is InChI=1S/C17H22F3N2O2/c1-2-22-16(24)7-4-9-21(22)10-8-15(23)12-13-5-3-6-14(11-13)17(18,19)20/h3,5-6,11,15,23H,1-2,4,7-10,12H2. The molecule has 133 valence electrons. The molecule has 1 amide bonds. The van der Waals surface area contributed by atoms with Crippen molar-refractivity contribution in [2.45, 2.75) is 38.0 Å². The van der Waals surface area contributed by atoms with Crippen molar-refractivity contribution in [1.82, 2.24) is 10.0 Å². The van der Waals surface area contributed by atoms with Crippen molar-refractivity contribution in [3.8, 4) is 0 Å². The summed E-state index contributed by atoms with van der Waals surface area (Å²) in [6.07, 6.45) is -3.37. The molecule has 1 fully saturated rings. The highest BCUT2D eigenvalue weighted by Gasteiger charge is 2.30. The molecule has 1 atom stereocenters. The van der Waals surface area contributed by atoms with E-state index in [1.807, 2.05) is 5.01 Å². The second-order valence-corrected chi connectivity index (χ2v) is 5.92. The van der Waals surface area contributed by atoms with E-state index < -0.39 is 17.8 Å². The normalized spacial score (nSPS) is 18.0. The summed E-state index contributed by atoms with van der Waals surface area (Å²) in [5.74, 6) is 0.0172. The number of aliphatic hydroxyl groups is 1. The molecule has 0 saturated carbocycles. The van der Waals surface area contributed by atoms with Crippen molar-refractivity contribution in [3.05, 3.63) is 42.3 Å². The second-order valence-electron chi connectivity index (χ2n) is 5.92. The number of carbonyl (C=O) groups is 1. The first kappa shape index (κ1) is 18.7. The third-order valence-electron chi connectivity index (χ3n) is 4.09. The molecule has 2 rings (SSSR count). The van der Waals surface area contributed by atoms with Crippen LogP contribution >= 0.6 is 0 Å². The summed E-state index contributed by atoms with van der Waals surface area (Å²) in [4.78, 5) is 11.8. The highest BCUT2D eigenvalue weighted by Crippen LogP contribution is 2.29. The third-order valence-corrected chi connectivity index (χ3v) is 4.09. The van der Waals surface area contributed by atoms with Crippen LogP contribution in [0.1, 0.15) is 30.4 Å². The molecule has 1 aromatic rings. The van der Waals surface area contributed by atoms with Crippen LogP contribution in [0.25, 0.3) is 0 Å². The zero-order valence-corrected chi connectivity index (χ0v) is 13.4. The Morgan fingerprint density at radius 3 is 2.75 bits per heavy atom. The van der Waals surface area contributed by atoms with Gasteiger partial charge in [0.25, 0.3) is 0 Å². The molecule has 0 aliphatic carbocycles. The van der Waals surface area contributed by atoms with Crippen LogP contribution in [0.3, 0.4) is 0 Å². The molecule has 1 heterocycles. The fraction of sp³-hybridized carbons (Fsp3) is 0.529. The molecular weight excluding hydrogens is 321 g/mol. The number of hydrogen-bond acceptors (Lipinski definition) is 3. The first-order valence-electron chi connectivity index (χ1n) is 8.00. The van der Waals surface area contributed by atoms with Crippen LogP contribution in [0, 0.1) is 6.92 Å². The van der Waals surface area contributed by atoms with Crippen molar-refractivity contribution < 1.29 is 23.1 Å². The van der Waals surface area contributed by atoms with Crippen LogP contribution in [0.5, 0.6) is 0 Å². The third kappa shape index (κ3) is 4.95. The first-order chi connectivity index (χ1) is 11.3. The lowest BCUT2D eigenvalue weighted by Crippen LogP contribution is -2.51. The number of carbonyl (C=O) groups excluding carboxylic acids is 1. The summed E-state index contributed by atoms with van der Waals surface area (Å²) in [6, 6.07) is 5.00. The number of rotatable bonds is 6. The van der Waals surface area contributed by atoms with Crippen LogP contribution in [0.4, 0.5) is 13.2 Å². The van der Waals surface area contributed by atoms with Gasteiger partial charge in [-0.3, -0.25) is 9.80 Å². The first-order valence-corrected chi connectivity index (χ1v) is 8.00. The molecule has 4 nitrogen and oxygen atoms in total. The Morgan fingerprint density at radius 1 is 1.33 bits per heavy atom. The monoisotopic (exact) mass is 343 g/mol. The summed E-state index contributed by atoms with van der Waals surface area (Å²) in [7, 11) is 0. The molecule has 0 bridgehead atoms. The van der Waals surface area contributed by atoms with Gasteiger partial charge in [0.1, 0.15) is 0 Å². The average Bonchev–Trinajstić information content (AvgIpc) is 2.52. The largest absolute Gasteiger partial charge is 0.416 e. The van der Waals surface area contributed by atoms with Gasteiger partial charge in [0, 0.05) is 26.1 Å². The summed E-state index contributed by atoms with van der Waals surface area (Å²) < 4.78 is 38.1. The predicted octanol–water partition coefficient (Wildman–Crippen LogP) is 2.67. The SMILES string of the molecule is [CH2]CN1C(=O)CCCN1CCC(O)Cc1cccc(C(F)(F)F)c1. The van der Waals surface area contributed by atoms with E-state index >= 15 is 0 Å². The summed E-state index contributed by atoms with van der Waals surface area (Å²) in [6.45, 7) is 5.26. The molecule has 1 unspecified atom stereocenters. The lowest BCUT2D eigenvalue weighted by atomic mass is 10.0. The van der Waals surface area contributed by atoms with Gasteiger partial charge in [-0.05, 0) is 37.8 Å². The van der Waals surface area contributed by atoms with Crippen LogP contribution in [-0.4, -0.2) is 46.8 Å². The molecule has 1 saturated heterocycles. The van der Waals surface area contributed by atoms with Gasteiger partial charge in [-0.2, -0.15) is 13.2 Å². The Hall–Kier alpha value is -1.60. The van der Waals surface area contributed by atoms with Gasteiger partial charge in [0.2, 0.25) is 5.91 Å². The van der Waals surface area contributed by atoms with E-state index in [4.69, 9.17) is 0 Å². The number of benzene rings is 1. The minimum Gasteiger partial charge on any atom is -0.393 e. The van der Waals surface area contributed by atoms with E-state index in [0.29, 0.717) is 31.5 Å². The predicted molar refractivity (Wildman–Crippen MR) is 83.6 cm³/mol. The highest BCUT2D eigenvalue weighted by molar-refractivity contribution is 5.76. The molecule has 1 N–H and O–H groups in total. The molecule has 7 heteroatoms. The number of nitrogens with zero attached hydrogens (tertiary/aromatic N) is 2. The Kier molecular flexibility index (Phi) is 6.23. The lowest BCUT2D eigenvalue weighted by molar-refractivity contribution is -0.154. The van der Waals surface area contributed by atoms with Crippen molar-refractivity contribution in [2.75, 3.05) is 19.6 Å². The van der Waals surface area contributed by atoms with E-state index in [2.05, 4.69) is 6.92 Å². The molecule has 1 aliphatic heterocycles. The Morgan fingerprint density at radius 2 is 2.08 bits per heavy atom. The van der Waals surface area contributed by atoms with Crippen molar-refractivity contribution in [2.24, 2.45) is 0 Å². The van der Waals surface area contributed by atoms with E-state index in [-0.39, 0.29) is 12.3 Å². The minimum absolute atomic E-state index is 0.0172. The fourth-order valence-electron chi connectivity index (χ4n) is 2.87. The van der Waals surface area contributed by atoms with Crippen LogP contribution in [0.15, 0.2) is 24.3 Å². The number of alkyl halides is 3. The molecular formula is C17H22F3N2O2. The molecule has 1 radical (unpaired) electrons. The second kappa shape index (κ2) is 7.98. The molecule has 0 aromatic heterocycles. The van der Waals surface area contributed by atoms with Gasteiger partial charge in [0.05, 0.1) is 11.7 Å². The number of halogens is 3. The quantitative estimate of drug-likeness (QED) is 0.864. The number of amides is 1. The van der Waals surface area contributed by atoms with Crippen LogP contribution in [0.2, 0.25) is 0 Å². The zero-order chi connectivity index (χ0) is 17.7. The van der Waals surface area contributed by atoms with E-state index in [9.17, 15) is 23.1 Å². The summed E-state index contributed by atoms with van der Waals surface area (Å²) in [5, 5.41) is 13.6. The van der Waals surface area contributed by atoms with Crippen molar-refractivity contribution >= 4 is 5.91 Å². The van der Waals surface area contributed by atoms with E-state index in [1.165, 1.54) is 6.07 Å². The van der Waals surface area contributed by atoms with Gasteiger partial charge in [0.15, 0.2) is 0 Å². The average molecular weight is 343 g/mol. The lowest BCUT2D eigenvalue weighted by Gasteiger charge is -2.38. The Balaban J connectivity index is 1.89. The van der Waals surface area contributed by atoms with Gasteiger partial charge >= 0.3 is 6.18 Å². The van der Waals surface area contributed by atoms with Gasteiger partial charge in [-0.1, -0.05) is 18.2 Å². The maximum absolute atomic E-state index is 12.7. The Bertz CT molecular complexity index is 563. The topological polar surface area (TPSA) is 43.8 Å². The fourth-order valence-corrected chi connectivity index (χ4v) is 2.87. The number of hydrogen-bond donors (Lipinski definition) is 1. The molecule has 0 spiro atoms. The molecule has 24 heavy (non-hydrogen) atoms. The maximum atomic E-state index is 12.7. The summed E-state index contributed by atoms with van der Waals surface area (Å²) >= 11 is 0. The molecule has 1 aliphatic rings. The minimum atomic E-state index is -4.39. The molecule has 1 aromatic carbocycles. The van der Waals surface area contributed by atoms with Crippen LogP contribution in [-0.2, 0) is 17.4 Å². The van der Waals surface area contributed by atoms with E-state index in [0.717, 1.165) is 25.1 Å². The Labute approximate surface area is 139 Å². The van der Waals surface area contributed by atoms with Gasteiger partial charge in [-0.25, -0.2) is 5.01 Å². The number of hydrazine groups is 1.